The van der Waals surface area contributed by atoms with E-state index < -0.39 is 0 Å². The molecule has 2 aromatic carbocycles. The van der Waals surface area contributed by atoms with E-state index in [1.165, 1.54) is 77.0 Å². The summed E-state index contributed by atoms with van der Waals surface area (Å²) in [6.07, 6.45) is 18.7. The van der Waals surface area contributed by atoms with Gasteiger partial charge in [0.2, 0.25) is 0 Å². The van der Waals surface area contributed by atoms with Gasteiger partial charge < -0.3 is 18.9 Å². The fraction of sp³-hybridized carbons (Fsp3) is 0.676. The van der Waals surface area contributed by atoms with E-state index >= 15 is 0 Å². The molecule has 0 aliphatic rings. The van der Waals surface area contributed by atoms with Gasteiger partial charge in [0.25, 0.3) is 0 Å². The van der Waals surface area contributed by atoms with E-state index in [2.05, 4.69) is 134 Å². The number of hydrogen-bond donors (Lipinski definition) is 0. The third kappa shape index (κ3) is 19.3. The van der Waals surface area contributed by atoms with Crippen LogP contribution in [0.2, 0.25) is 0 Å². The van der Waals surface area contributed by atoms with Gasteiger partial charge in [0.15, 0.2) is 0 Å². The van der Waals surface area contributed by atoms with Crippen molar-refractivity contribution in [2.24, 2.45) is 0 Å². The monoisotopic (exact) mass is 1040 g/mol. The Bertz CT molecular complexity index is 1070. The van der Waals surface area contributed by atoms with Gasteiger partial charge in [-0.05, 0) is 118 Å². The van der Waals surface area contributed by atoms with E-state index in [0.29, 0.717) is 19.8 Å². The zero-order valence-corrected chi connectivity index (χ0v) is 37.7. The van der Waals surface area contributed by atoms with Gasteiger partial charge in [0, 0.05) is 18.5 Å². The van der Waals surface area contributed by atoms with Crippen LogP contribution in [0.1, 0.15) is 115 Å². The van der Waals surface area contributed by atoms with Crippen LogP contribution in [0, 0.1) is 0 Å². The summed E-state index contributed by atoms with van der Waals surface area (Å²) < 4.78 is 28.0. The number of alkyl halides is 2. The van der Waals surface area contributed by atoms with Crippen LogP contribution in [0.3, 0.4) is 0 Å². The summed E-state index contributed by atoms with van der Waals surface area (Å²) in [5.74, 6) is 1.59. The predicted octanol–water partition coefficient (Wildman–Crippen LogP) is 14.1. The molecule has 0 aromatic heterocycles. The molecule has 0 saturated heterocycles. The van der Waals surface area contributed by atoms with Gasteiger partial charge >= 0.3 is 0 Å². The Hall–Kier alpha value is 0.840. The van der Waals surface area contributed by atoms with E-state index in [1.807, 2.05) is 0 Å². The van der Waals surface area contributed by atoms with Crippen LogP contribution in [0.5, 0.6) is 11.5 Å². The van der Waals surface area contributed by atoms with E-state index in [-0.39, 0.29) is 10.9 Å². The van der Waals surface area contributed by atoms with Crippen molar-refractivity contribution in [1.29, 1.82) is 0 Å². The maximum atomic E-state index is 6.21. The van der Waals surface area contributed by atoms with Crippen LogP contribution < -0.4 is 9.47 Å². The highest BCUT2D eigenvalue weighted by Crippen LogP contribution is 2.38. The first-order chi connectivity index (χ1) is 22.8. The molecule has 0 bridgehead atoms. The van der Waals surface area contributed by atoms with Crippen molar-refractivity contribution in [3.05, 3.63) is 53.3 Å². The van der Waals surface area contributed by atoms with Gasteiger partial charge in [-0.25, -0.2) is 0 Å². The van der Waals surface area contributed by atoms with Crippen LogP contribution in [-0.4, -0.2) is 49.3 Å². The highest BCUT2D eigenvalue weighted by Gasteiger charge is 2.16. The minimum absolute atomic E-state index is 0.00579. The molecular weight excluding hydrogens is 988 g/mol. The Morgan fingerprint density at radius 2 is 0.979 bits per heavy atom. The molecule has 0 heterocycles. The van der Waals surface area contributed by atoms with Crippen LogP contribution in [0.15, 0.2) is 42.2 Å². The number of hydrogen-bond acceptors (Lipinski definition) is 4. The fourth-order valence-corrected chi connectivity index (χ4v) is 8.87. The lowest BCUT2D eigenvalue weighted by atomic mass is 10.0. The molecule has 0 saturated carbocycles. The Morgan fingerprint density at radius 3 is 1.45 bits per heavy atom. The molecular formula is C37H54Br6O4. The molecule has 2 aromatic rings. The van der Waals surface area contributed by atoms with E-state index in [1.54, 1.807) is 0 Å². The molecule has 2 rings (SSSR count). The molecule has 268 valence electrons. The molecule has 47 heavy (non-hydrogen) atoms. The third-order valence-electron chi connectivity index (χ3n) is 7.81. The second-order valence-electron chi connectivity index (χ2n) is 12.1. The SMILES string of the molecule is CCCCCCCCCOCC(Br)COc1c(Br)cc(Cc2cc(Br)c(OCC(CBr)OCCCCCCCCC)c(Br)c2)cc1Br. The number of rotatable bonds is 28. The lowest BCUT2D eigenvalue weighted by Gasteiger charge is -2.18. The Morgan fingerprint density at radius 1 is 0.553 bits per heavy atom. The summed E-state index contributed by atoms with van der Waals surface area (Å²) in [6, 6.07) is 8.49. The second kappa shape index (κ2) is 27.5. The molecule has 2 unspecified atom stereocenters. The third-order valence-corrected chi connectivity index (χ3v) is 11.4. The zero-order chi connectivity index (χ0) is 34.3. The first kappa shape index (κ1) is 44.0. The average molecular weight is 1040 g/mol. The molecule has 0 amide bonds. The first-order valence-corrected chi connectivity index (χ1v) is 22.6. The summed E-state index contributed by atoms with van der Waals surface area (Å²) in [4.78, 5) is 0.127. The highest BCUT2D eigenvalue weighted by molar-refractivity contribution is 9.11. The van der Waals surface area contributed by atoms with E-state index in [9.17, 15) is 0 Å². The average Bonchev–Trinajstić information content (AvgIpc) is 3.03. The molecule has 0 fully saturated rings. The molecule has 0 N–H and O–H groups in total. The Labute approximate surface area is 335 Å². The zero-order valence-electron chi connectivity index (χ0n) is 28.2. The standard InChI is InChI=1S/C37H54Br6O4/c1-3-5-7-9-11-13-15-17-44-25-30(39)26-46-36-32(40)20-28(21-33(36)41)19-29-22-34(42)37(35(43)23-29)47-27-31(24-38)45-18-16-14-12-10-8-6-4-2/h20-23,30-31H,3-19,24-27H2,1-2H3. The largest absolute Gasteiger partial charge is 0.490 e. The number of benzene rings is 2. The van der Waals surface area contributed by atoms with Crippen molar-refractivity contribution in [3.63, 3.8) is 0 Å². The highest BCUT2D eigenvalue weighted by atomic mass is 79.9. The minimum atomic E-state index is 0.00579. The first-order valence-electron chi connectivity index (χ1n) is 17.4. The molecule has 4 nitrogen and oxygen atoms in total. The Kier molecular flexibility index (Phi) is 25.7. The van der Waals surface area contributed by atoms with Gasteiger partial charge in [0.1, 0.15) is 30.8 Å². The maximum Gasteiger partial charge on any atom is 0.147 e. The summed E-state index contributed by atoms with van der Waals surface area (Å²) in [6.45, 7) is 7.74. The molecule has 0 aliphatic carbocycles. The molecule has 0 aliphatic heterocycles. The van der Waals surface area contributed by atoms with Gasteiger partial charge in [-0.3, -0.25) is 0 Å². The van der Waals surface area contributed by atoms with Crippen molar-refractivity contribution in [3.8, 4) is 11.5 Å². The molecule has 10 heteroatoms. The van der Waals surface area contributed by atoms with Gasteiger partial charge in [-0.2, -0.15) is 0 Å². The Balaban J connectivity index is 1.78. The van der Waals surface area contributed by atoms with Crippen molar-refractivity contribution in [2.75, 3.05) is 38.4 Å². The summed E-state index contributed by atoms with van der Waals surface area (Å²) in [5, 5.41) is 0.740. The van der Waals surface area contributed by atoms with Crippen LogP contribution in [-0.2, 0) is 15.9 Å². The van der Waals surface area contributed by atoms with E-state index in [0.717, 1.165) is 78.3 Å². The van der Waals surface area contributed by atoms with Crippen molar-refractivity contribution in [1.82, 2.24) is 0 Å². The summed E-state index contributed by atoms with van der Waals surface area (Å²) in [7, 11) is 0. The van der Waals surface area contributed by atoms with Gasteiger partial charge in [-0.1, -0.05) is 123 Å². The minimum Gasteiger partial charge on any atom is -0.490 e. The normalized spacial score (nSPS) is 12.8. The predicted molar refractivity (Wildman–Crippen MR) is 221 cm³/mol. The maximum absolute atomic E-state index is 6.21. The van der Waals surface area contributed by atoms with Crippen molar-refractivity contribution in [2.45, 2.75) is 121 Å². The number of unbranched alkanes of at least 4 members (excludes halogenated alkanes) is 12. The smallest absolute Gasteiger partial charge is 0.147 e. The van der Waals surface area contributed by atoms with Crippen LogP contribution in [0.4, 0.5) is 0 Å². The van der Waals surface area contributed by atoms with Crippen LogP contribution in [0.25, 0.3) is 0 Å². The summed E-state index contributed by atoms with van der Waals surface area (Å²) >= 11 is 22.2. The van der Waals surface area contributed by atoms with Crippen LogP contribution >= 0.6 is 95.6 Å². The van der Waals surface area contributed by atoms with Crippen molar-refractivity contribution < 1.29 is 18.9 Å². The lowest BCUT2D eigenvalue weighted by molar-refractivity contribution is 0.0335. The topological polar surface area (TPSA) is 36.9 Å². The van der Waals surface area contributed by atoms with E-state index in [4.69, 9.17) is 18.9 Å². The fourth-order valence-electron chi connectivity index (χ4n) is 5.16. The number of halogens is 6. The number of ether oxygens (including phenoxy) is 4. The molecule has 2 atom stereocenters. The lowest BCUT2D eigenvalue weighted by Crippen LogP contribution is -2.24. The van der Waals surface area contributed by atoms with Gasteiger partial charge in [0.05, 0.1) is 29.3 Å². The second-order valence-corrected chi connectivity index (χ2v) is 17.5. The molecule has 0 radical (unpaired) electrons. The quantitative estimate of drug-likeness (QED) is 0.0629. The summed E-state index contributed by atoms with van der Waals surface area (Å²) in [5.41, 5.74) is 2.32. The van der Waals surface area contributed by atoms with Gasteiger partial charge in [-0.15, -0.1) is 0 Å². The van der Waals surface area contributed by atoms with Crippen molar-refractivity contribution >= 4 is 95.6 Å². The molecule has 0 spiro atoms.